The van der Waals surface area contributed by atoms with Gasteiger partial charge in [0, 0.05) is 34.1 Å². The average molecular weight is 469 g/mol. The average Bonchev–Trinajstić information content (AvgIpc) is 2.91. The fraction of sp³-hybridized carbons (Fsp3) is 0.118. The van der Waals surface area contributed by atoms with Gasteiger partial charge >= 0.3 is 0 Å². The minimum Gasteiger partial charge on any atom is -0.311 e. The third-order valence-electron chi connectivity index (χ3n) is 6.89. The summed E-state index contributed by atoms with van der Waals surface area (Å²) in [7, 11) is 0. The summed E-state index contributed by atoms with van der Waals surface area (Å²) in [6.45, 7) is 8.68. The molecule has 178 valence electrons. The number of anilines is 6. The van der Waals surface area contributed by atoms with Gasteiger partial charge in [0.15, 0.2) is 0 Å². The van der Waals surface area contributed by atoms with Crippen molar-refractivity contribution in [3.63, 3.8) is 0 Å². The molecule has 5 aromatic carbocycles. The van der Waals surface area contributed by atoms with Crippen molar-refractivity contribution in [1.82, 2.24) is 0 Å². The van der Waals surface area contributed by atoms with Gasteiger partial charge < -0.3 is 9.80 Å². The van der Waals surface area contributed by atoms with Gasteiger partial charge in [0.25, 0.3) is 0 Å². The second-order valence-electron chi connectivity index (χ2n) is 9.40. The lowest BCUT2D eigenvalue weighted by molar-refractivity contribution is 1.22. The lowest BCUT2D eigenvalue weighted by atomic mass is 10.1. The van der Waals surface area contributed by atoms with Gasteiger partial charge in [0.2, 0.25) is 0 Å². The molecule has 36 heavy (non-hydrogen) atoms. The fourth-order valence-electron chi connectivity index (χ4n) is 4.53. The summed E-state index contributed by atoms with van der Waals surface area (Å²) in [5.41, 5.74) is 12.0. The van der Waals surface area contributed by atoms with Crippen LogP contribution in [0.3, 0.4) is 0 Å². The molecule has 5 rings (SSSR count). The first-order valence-corrected chi connectivity index (χ1v) is 12.5. The largest absolute Gasteiger partial charge is 0.311 e. The maximum atomic E-state index is 2.35. The highest BCUT2D eigenvalue weighted by molar-refractivity contribution is 5.81. The van der Waals surface area contributed by atoms with E-state index in [0.717, 1.165) is 34.1 Å². The van der Waals surface area contributed by atoms with Gasteiger partial charge in [0.05, 0.1) is 0 Å². The van der Waals surface area contributed by atoms with Crippen molar-refractivity contribution >= 4 is 34.1 Å². The Balaban J connectivity index is 1.60. The second-order valence-corrected chi connectivity index (χ2v) is 9.40. The number of aryl methyl sites for hydroxylation is 4. The first kappa shape index (κ1) is 23.4. The predicted octanol–water partition coefficient (Wildman–Crippen LogP) is 9.86. The molecule has 0 aliphatic rings. The minimum atomic E-state index is 1.12. The van der Waals surface area contributed by atoms with E-state index < -0.39 is 0 Å². The molecular formula is C34H32N2. The Morgan fingerprint density at radius 3 is 0.972 bits per heavy atom. The quantitative estimate of drug-likeness (QED) is 0.245. The highest BCUT2D eigenvalue weighted by Gasteiger charge is 2.16. The van der Waals surface area contributed by atoms with Gasteiger partial charge in [-0.1, -0.05) is 48.5 Å². The number of rotatable bonds is 6. The van der Waals surface area contributed by atoms with Crippen LogP contribution in [0.25, 0.3) is 0 Å². The molecule has 2 nitrogen and oxygen atoms in total. The lowest BCUT2D eigenvalue weighted by Gasteiger charge is -2.29. The normalized spacial score (nSPS) is 10.8. The standard InChI is InChI=1S/C34H32N2/c1-25-15-17-33(23-27(25)3)36(34-18-16-26(2)28(4)24-34)32-21-19-31(20-22-32)35(29-11-7-5-8-12-29)30-13-9-6-10-14-30/h5-24H,1-4H3. The zero-order valence-electron chi connectivity index (χ0n) is 21.4. The number of para-hydroxylation sites is 2. The molecule has 0 aromatic heterocycles. The van der Waals surface area contributed by atoms with Crippen molar-refractivity contribution in [3.8, 4) is 0 Å². The molecule has 0 radical (unpaired) electrons. The zero-order chi connectivity index (χ0) is 25.1. The highest BCUT2D eigenvalue weighted by atomic mass is 15.2. The van der Waals surface area contributed by atoms with Gasteiger partial charge in [-0.3, -0.25) is 0 Å². The summed E-state index contributed by atoms with van der Waals surface area (Å²) in [4.78, 5) is 4.64. The first-order chi connectivity index (χ1) is 17.5. The smallest absolute Gasteiger partial charge is 0.0464 e. The number of hydrogen-bond acceptors (Lipinski definition) is 2. The Morgan fingerprint density at radius 2 is 0.611 bits per heavy atom. The van der Waals surface area contributed by atoms with Crippen LogP contribution in [0.4, 0.5) is 34.1 Å². The van der Waals surface area contributed by atoms with E-state index in [9.17, 15) is 0 Å². The Bertz CT molecular complexity index is 1360. The van der Waals surface area contributed by atoms with Gasteiger partial charge in [-0.25, -0.2) is 0 Å². The monoisotopic (exact) mass is 468 g/mol. The maximum absolute atomic E-state index is 2.35. The molecule has 2 heteroatoms. The van der Waals surface area contributed by atoms with E-state index in [1.807, 2.05) is 0 Å². The van der Waals surface area contributed by atoms with Gasteiger partial charge in [0.1, 0.15) is 0 Å². The van der Waals surface area contributed by atoms with E-state index in [1.165, 1.54) is 22.3 Å². The van der Waals surface area contributed by atoms with Crippen molar-refractivity contribution in [3.05, 3.63) is 144 Å². The lowest BCUT2D eigenvalue weighted by Crippen LogP contribution is -2.12. The van der Waals surface area contributed by atoms with Crippen molar-refractivity contribution in [2.24, 2.45) is 0 Å². The molecule has 0 amide bonds. The Kier molecular flexibility index (Phi) is 6.60. The summed E-state index contributed by atoms with van der Waals surface area (Å²) in [6, 6.07) is 43.3. The third-order valence-corrected chi connectivity index (χ3v) is 6.89. The van der Waals surface area contributed by atoms with Crippen LogP contribution in [0.2, 0.25) is 0 Å². The van der Waals surface area contributed by atoms with Crippen LogP contribution in [0.5, 0.6) is 0 Å². The topological polar surface area (TPSA) is 6.48 Å². The summed E-state index contributed by atoms with van der Waals surface area (Å²) in [5.74, 6) is 0. The van der Waals surface area contributed by atoms with Crippen LogP contribution in [0.15, 0.2) is 121 Å². The Labute approximate surface area is 215 Å². The molecular weight excluding hydrogens is 436 g/mol. The van der Waals surface area contributed by atoms with Crippen LogP contribution in [-0.4, -0.2) is 0 Å². The summed E-state index contributed by atoms with van der Waals surface area (Å²) >= 11 is 0. The first-order valence-electron chi connectivity index (χ1n) is 12.5. The van der Waals surface area contributed by atoms with Crippen LogP contribution >= 0.6 is 0 Å². The van der Waals surface area contributed by atoms with Gasteiger partial charge in [-0.15, -0.1) is 0 Å². The Morgan fingerprint density at radius 1 is 0.306 bits per heavy atom. The Hall–Kier alpha value is -4.30. The predicted molar refractivity (Wildman–Crippen MR) is 155 cm³/mol. The molecule has 0 atom stereocenters. The van der Waals surface area contributed by atoms with Crippen LogP contribution < -0.4 is 9.80 Å². The number of benzene rings is 5. The van der Waals surface area contributed by atoms with E-state index in [4.69, 9.17) is 0 Å². The molecule has 0 unspecified atom stereocenters. The second kappa shape index (κ2) is 10.1. The van der Waals surface area contributed by atoms with E-state index in [1.54, 1.807) is 0 Å². The van der Waals surface area contributed by atoms with Crippen LogP contribution in [0.1, 0.15) is 22.3 Å². The number of hydrogen-bond donors (Lipinski definition) is 0. The van der Waals surface area contributed by atoms with Crippen molar-refractivity contribution < 1.29 is 0 Å². The number of nitrogens with zero attached hydrogens (tertiary/aromatic N) is 2. The molecule has 0 aliphatic carbocycles. The highest BCUT2D eigenvalue weighted by Crippen LogP contribution is 2.39. The van der Waals surface area contributed by atoms with Gasteiger partial charge in [-0.05, 0) is 123 Å². The van der Waals surface area contributed by atoms with Crippen LogP contribution in [0, 0.1) is 27.7 Å². The van der Waals surface area contributed by atoms with E-state index in [-0.39, 0.29) is 0 Å². The molecule has 0 aliphatic heterocycles. The van der Waals surface area contributed by atoms with Gasteiger partial charge in [-0.2, -0.15) is 0 Å². The zero-order valence-corrected chi connectivity index (χ0v) is 21.4. The van der Waals surface area contributed by atoms with E-state index in [2.05, 4.69) is 159 Å². The fourth-order valence-corrected chi connectivity index (χ4v) is 4.53. The SMILES string of the molecule is Cc1ccc(N(c2ccc(N(c3ccccc3)c3ccccc3)cc2)c2ccc(C)c(C)c2)cc1C. The summed E-state index contributed by atoms with van der Waals surface area (Å²) < 4.78 is 0. The molecule has 5 aromatic rings. The summed E-state index contributed by atoms with van der Waals surface area (Å²) in [6.07, 6.45) is 0. The molecule has 0 N–H and O–H groups in total. The van der Waals surface area contributed by atoms with E-state index in [0.29, 0.717) is 0 Å². The van der Waals surface area contributed by atoms with Crippen LogP contribution in [-0.2, 0) is 0 Å². The molecule has 0 spiro atoms. The molecule has 0 bridgehead atoms. The van der Waals surface area contributed by atoms with Crippen molar-refractivity contribution in [1.29, 1.82) is 0 Å². The molecule has 0 fully saturated rings. The third kappa shape index (κ3) is 4.76. The van der Waals surface area contributed by atoms with E-state index >= 15 is 0 Å². The minimum absolute atomic E-state index is 1.12. The molecule has 0 saturated carbocycles. The summed E-state index contributed by atoms with van der Waals surface area (Å²) in [5, 5.41) is 0. The van der Waals surface area contributed by atoms with Crippen molar-refractivity contribution in [2.75, 3.05) is 9.80 Å². The maximum Gasteiger partial charge on any atom is 0.0464 e. The molecule has 0 heterocycles. The molecule has 0 saturated heterocycles. The van der Waals surface area contributed by atoms with Crippen molar-refractivity contribution in [2.45, 2.75) is 27.7 Å².